The molecule has 1 fully saturated rings. The molecule has 0 aromatic heterocycles. The van der Waals surface area contributed by atoms with Gasteiger partial charge < -0.3 is 4.79 Å². The van der Waals surface area contributed by atoms with Crippen LogP contribution in [0, 0.1) is 17.8 Å². The Hall–Kier alpha value is -1.44. The normalized spacial score (nSPS) is 27.5. The zero-order valence-electron chi connectivity index (χ0n) is 9.64. The minimum atomic E-state index is 0.0614. The van der Waals surface area contributed by atoms with Crippen molar-refractivity contribution >= 4 is 11.6 Å². The van der Waals surface area contributed by atoms with Gasteiger partial charge in [-0.2, -0.15) is 0 Å². The lowest BCUT2D eigenvalue weighted by Crippen LogP contribution is -2.04. The number of carbonyl (C=O) groups is 2. The van der Waals surface area contributed by atoms with Gasteiger partial charge in [-0.25, -0.2) is 0 Å². The number of rotatable bonds is 4. The average Bonchev–Trinajstić information content (AvgIpc) is 2.88. The average molecular weight is 216 g/mol. The van der Waals surface area contributed by atoms with Crippen LogP contribution in [0.2, 0.25) is 0 Å². The SMILES string of the molecule is CC(=O)C[C@H]1[C@@H](C)[C@@H]1C(=O)c1ccccc1. The van der Waals surface area contributed by atoms with Crippen molar-refractivity contribution in [2.75, 3.05) is 0 Å². The van der Waals surface area contributed by atoms with Crippen LogP contribution in [-0.2, 0) is 4.79 Å². The molecule has 1 saturated carbocycles. The molecule has 1 aliphatic rings. The summed E-state index contributed by atoms with van der Waals surface area (Å²) < 4.78 is 0. The van der Waals surface area contributed by atoms with E-state index in [0.29, 0.717) is 12.3 Å². The molecule has 3 atom stereocenters. The molecule has 0 amide bonds. The highest BCUT2D eigenvalue weighted by Gasteiger charge is 2.51. The lowest BCUT2D eigenvalue weighted by atomic mass is 10.0. The molecule has 1 aliphatic carbocycles. The Morgan fingerprint density at radius 2 is 1.81 bits per heavy atom. The van der Waals surface area contributed by atoms with E-state index in [9.17, 15) is 9.59 Å². The number of Topliss-reactive ketones (excluding diaryl/α,β-unsaturated/α-hetero) is 2. The van der Waals surface area contributed by atoms with E-state index < -0.39 is 0 Å². The van der Waals surface area contributed by atoms with Crippen LogP contribution in [0.4, 0.5) is 0 Å². The molecule has 2 rings (SSSR count). The van der Waals surface area contributed by atoms with Crippen LogP contribution in [0.3, 0.4) is 0 Å². The molecule has 0 radical (unpaired) electrons. The monoisotopic (exact) mass is 216 g/mol. The third-order valence-corrected chi connectivity index (χ3v) is 3.45. The summed E-state index contributed by atoms with van der Waals surface area (Å²) in [6, 6.07) is 9.34. The minimum Gasteiger partial charge on any atom is -0.300 e. The third-order valence-electron chi connectivity index (χ3n) is 3.45. The minimum absolute atomic E-state index is 0.0614. The van der Waals surface area contributed by atoms with Gasteiger partial charge in [0.15, 0.2) is 5.78 Å². The molecule has 84 valence electrons. The van der Waals surface area contributed by atoms with Crippen molar-refractivity contribution in [1.82, 2.24) is 0 Å². The van der Waals surface area contributed by atoms with Gasteiger partial charge in [-0.1, -0.05) is 37.3 Å². The number of ketones is 2. The molecule has 0 bridgehead atoms. The van der Waals surface area contributed by atoms with Crippen LogP contribution >= 0.6 is 0 Å². The molecule has 0 spiro atoms. The van der Waals surface area contributed by atoms with Crippen LogP contribution in [0.15, 0.2) is 30.3 Å². The predicted octanol–water partition coefficient (Wildman–Crippen LogP) is 2.73. The van der Waals surface area contributed by atoms with E-state index in [1.54, 1.807) is 6.92 Å². The lowest BCUT2D eigenvalue weighted by Gasteiger charge is -1.98. The van der Waals surface area contributed by atoms with Crippen molar-refractivity contribution in [3.05, 3.63) is 35.9 Å². The Labute approximate surface area is 95.7 Å². The van der Waals surface area contributed by atoms with Crippen molar-refractivity contribution in [3.8, 4) is 0 Å². The zero-order valence-corrected chi connectivity index (χ0v) is 9.64. The summed E-state index contributed by atoms with van der Waals surface area (Å²) in [4.78, 5) is 23.1. The second-order valence-electron chi connectivity index (χ2n) is 4.69. The van der Waals surface area contributed by atoms with Crippen molar-refractivity contribution in [2.45, 2.75) is 20.3 Å². The van der Waals surface area contributed by atoms with Gasteiger partial charge in [0, 0.05) is 17.9 Å². The van der Waals surface area contributed by atoms with Crippen LogP contribution in [0.5, 0.6) is 0 Å². The van der Waals surface area contributed by atoms with Gasteiger partial charge >= 0.3 is 0 Å². The van der Waals surface area contributed by atoms with E-state index in [1.807, 2.05) is 30.3 Å². The predicted molar refractivity (Wildman–Crippen MR) is 62.2 cm³/mol. The highest BCUT2D eigenvalue weighted by molar-refractivity contribution is 6.00. The van der Waals surface area contributed by atoms with E-state index in [0.717, 1.165) is 5.56 Å². The van der Waals surface area contributed by atoms with Crippen LogP contribution in [0.25, 0.3) is 0 Å². The first-order chi connectivity index (χ1) is 7.61. The summed E-state index contributed by atoms with van der Waals surface area (Å²) in [5.74, 6) is 1.06. The highest BCUT2D eigenvalue weighted by atomic mass is 16.1. The van der Waals surface area contributed by atoms with E-state index in [-0.39, 0.29) is 23.4 Å². The van der Waals surface area contributed by atoms with E-state index in [1.165, 1.54) is 0 Å². The first-order valence-electron chi connectivity index (χ1n) is 5.70. The summed E-state index contributed by atoms with van der Waals surface area (Å²) in [7, 11) is 0. The maximum Gasteiger partial charge on any atom is 0.166 e. The van der Waals surface area contributed by atoms with Crippen molar-refractivity contribution in [3.63, 3.8) is 0 Å². The molecule has 1 aromatic rings. The van der Waals surface area contributed by atoms with E-state index >= 15 is 0 Å². The Balaban J connectivity index is 2.06. The molecular weight excluding hydrogens is 200 g/mol. The number of carbonyl (C=O) groups excluding carboxylic acids is 2. The Morgan fingerprint density at radius 1 is 1.19 bits per heavy atom. The molecule has 0 aliphatic heterocycles. The number of hydrogen-bond donors (Lipinski definition) is 0. The quantitative estimate of drug-likeness (QED) is 0.725. The van der Waals surface area contributed by atoms with Crippen molar-refractivity contribution < 1.29 is 9.59 Å². The standard InChI is InChI=1S/C14H16O2/c1-9(15)8-12-10(2)13(12)14(16)11-6-4-3-5-7-11/h3-7,10,12-13H,8H2,1-2H3/t10-,12+,13+/m1/s1. The molecule has 0 saturated heterocycles. The molecule has 2 nitrogen and oxygen atoms in total. The van der Waals surface area contributed by atoms with Gasteiger partial charge in [0.2, 0.25) is 0 Å². The fraction of sp³-hybridized carbons (Fsp3) is 0.429. The summed E-state index contributed by atoms with van der Waals surface area (Å²) >= 11 is 0. The Bertz CT molecular complexity index is 408. The van der Waals surface area contributed by atoms with E-state index in [2.05, 4.69) is 6.92 Å². The molecule has 2 heteroatoms. The highest BCUT2D eigenvalue weighted by Crippen LogP contribution is 2.49. The molecular formula is C14H16O2. The van der Waals surface area contributed by atoms with Gasteiger partial charge in [0.25, 0.3) is 0 Å². The fourth-order valence-corrected chi connectivity index (χ4v) is 2.42. The molecule has 16 heavy (non-hydrogen) atoms. The van der Waals surface area contributed by atoms with Gasteiger partial charge in [-0.15, -0.1) is 0 Å². The maximum atomic E-state index is 12.1. The topological polar surface area (TPSA) is 34.1 Å². The zero-order chi connectivity index (χ0) is 11.7. The number of benzene rings is 1. The third kappa shape index (κ3) is 2.06. The van der Waals surface area contributed by atoms with E-state index in [4.69, 9.17) is 0 Å². The summed E-state index contributed by atoms with van der Waals surface area (Å²) in [6.07, 6.45) is 0.546. The summed E-state index contributed by atoms with van der Waals surface area (Å²) in [5, 5.41) is 0. The van der Waals surface area contributed by atoms with Crippen LogP contribution in [0.1, 0.15) is 30.6 Å². The second-order valence-corrected chi connectivity index (χ2v) is 4.69. The number of hydrogen-bond acceptors (Lipinski definition) is 2. The molecule has 0 unspecified atom stereocenters. The summed E-state index contributed by atoms with van der Waals surface area (Å²) in [5.41, 5.74) is 0.769. The molecule has 1 aromatic carbocycles. The molecule has 0 heterocycles. The van der Waals surface area contributed by atoms with Gasteiger partial charge in [-0.05, 0) is 18.8 Å². The first kappa shape index (κ1) is 11.1. The van der Waals surface area contributed by atoms with Crippen molar-refractivity contribution in [2.24, 2.45) is 17.8 Å². The van der Waals surface area contributed by atoms with Crippen LogP contribution in [-0.4, -0.2) is 11.6 Å². The molecule has 0 N–H and O–H groups in total. The van der Waals surface area contributed by atoms with Gasteiger partial charge in [0.05, 0.1) is 0 Å². The Kier molecular flexibility index (Phi) is 2.90. The second kappa shape index (κ2) is 4.20. The largest absolute Gasteiger partial charge is 0.300 e. The Morgan fingerprint density at radius 3 is 2.38 bits per heavy atom. The fourth-order valence-electron chi connectivity index (χ4n) is 2.42. The lowest BCUT2D eigenvalue weighted by molar-refractivity contribution is -0.117. The van der Waals surface area contributed by atoms with Crippen LogP contribution < -0.4 is 0 Å². The van der Waals surface area contributed by atoms with Crippen molar-refractivity contribution in [1.29, 1.82) is 0 Å². The van der Waals surface area contributed by atoms with Gasteiger partial charge in [-0.3, -0.25) is 4.79 Å². The smallest absolute Gasteiger partial charge is 0.166 e. The summed E-state index contributed by atoms with van der Waals surface area (Å²) in [6.45, 7) is 3.65. The van der Waals surface area contributed by atoms with Gasteiger partial charge in [0.1, 0.15) is 5.78 Å². The maximum absolute atomic E-state index is 12.1. The first-order valence-corrected chi connectivity index (χ1v) is 5.70.